The van der Waals surface area contributed by atoms with Crippen LogP contribution in [0.5, 0.6) is 0 Å². The van der Waals surface area contributed by atoms with Gasteiger partial charge >= 0.3 is 5.97 Å². The molecule has 0 unspecified atom stereocenters. The standard InChI is InChI=1S/C30H33N3O3S.C7H8/c1-5-10-27-31-28-20(4)17-23(29(34)33(37)6-2)18-26(28)32(27)19-21-13-15-22(16-14-21)24-11-8-9-12-25(24)30(35)36-7-3;1-7-5-3-2-4-6-7/h8-9,11-18,37H,5-7,10,19H2,1-4H3;2-6H,1H3. The van der Waals surface area contributed by atoms with E-state index in [1.807, 2.05) is 74.5 Å². The van der Waals surface area contributed by atoms with Crippen molar-refractivity contribution in [1.82, 2.24) is 13.9 Å². The first-order valence-corrected chi connectivity index (χ1v) is 15.5. The molecule has 1 amide bonds. The Kier molecular flexibility index (Phi) is 11.4. The number of carbonyl (C=O) groups is 2. The summed E-state index contributed by atoms with van der Waals surface area (Å²) in [6, 6.07) is 29.8. The van der Waals surface area contributed by atoms with Crippen LogP contribution in [0.1, 0.15) is 70.4 Å². The minimum atomic E-state index is -0.320. The van der Waals surface area contributed by atoms with Crippen LogP contribution in [0.15, 0.2) is 91.0 Å². The maximum absolute atomic E-state index is 12.8. The number of hydrogen-bond donors (Lipinski definition) is 1. The molecule has 0 aliphatic heterocycles. The summed E-state index contributed by atoms with van der Waals surface area (Å²) in [4.78, 5) is 30.2. The zero-order valence-corrected chi connectivity index (χ0v) is 27.1. The Bertz CT molecular complexity index is 1710. The van der Waals surface area contributed by atoms with E-state index in [4.69, 9.17) is 9.72 Å². The van der Waals surface area contributed by atoms with Crippen LogP contribution in [0.25, 0.3) is 22.2 Å². The zero-order chi connectivity index (χ0) is 31.6. The highest BCUT2D eigenvalue weighted by molar-refractivity contribution is 7.78. The topological polar surface area (TPSA) is 64.4 Å². The average Bonchev–Trinajstić information content (AvgIpc) is 3.38. The van der Waals surface area contributed by atoms with Crippen molar-refractivity contribution >= 4 is 35.7 Å². The van der Waals surface area contributed by atoms with E-state index in [2.05, 4.69) is 55.5 Å². The molecular formula is C37H41N3O3S. The van der Waals surface area contributed by atoms with E-state index in [0.29, 0.717) is 30.8 Å². The van der Waals surface area contributed by atoms with Crippen molar-refractivity contribution < 1.29 is 14.3 Å². The molecule has 0 aliphatic rings. The molecule has 0 N–H and O–H groups in total. The summed E-state index contributed by atoms with van der Waals surface area (Å²) in [5, 5.41) is 0. The lowest BCUT2D eigenvalue weighted by molar-refractivity contribution is 0.0527. The van der Waals surface area contributed by atoms with E-state index in [1.165, 1.54) is 9.87 Å². The number of carbonyl (C=O) groups excluding carboxylic acids is 2. The molecule has 0 fully saturated rings. The summed E-state index contributed by atoms with van der Waals surface area (Å²) in [6.45, 7) is 11.4. The number of rotatable bonds is 9. The van der Waals surface area contributed by atoms with E-state index in [-0.39, 0.29) is 11.9 Å². The summed E-state index contributed by atoms with van der Waals surface area (Å²) in [7, 11) is 0. The molecular weight excluding hydrogens is 566 g/mol. The molecule has 1 aromatic heterocycles. The molecule has 7 heteroatoms. The van der Waals surface area contributed by atoms with Gasteiger partial charge in [0.1, 0.15) is 5.82 Å². The van der Waals surface area contributed by atoms with Crippen LogP contribution in [0.4, 0.5) is 0 Å². The van der Waals surface area contributed by atoms with Gasteiger partial charge in [-0.15, -0.1) is 0 Å². The fourth-order valence-corrected chi connectivity index (χ4v) is 5.19. The number of nitrogens with zero attached hydrogens (tertiary/aromatic N) is 3. The Labute approximate surface area is 266 Å². The predicted molar refractivity (Wildman–Crippen MR) is 182 cm³/mol. The van der Waals surface area contributed by atoms with Gasteiger partial charge in [0, 0.05) is 25.1 Å². The van der Waals surface area contributed by atoms with Gasteiger partial charge in [-0.25, -0.2) is 9.78 Å². The van der Waals surface area contributed by atoms with Crippen LogP contribution in [0.3, 0.4) is 0 Å². The summed E-state index contributed by atoms with van der Waals surface area (Å²) < 4.78 is 8.86. The van der Waals surface area contributed by atoms with E-state index < -0.39 is 0 Å². The highest BCUT2D eigenvalue weighted by Crippen LogP contribution is 2.28. The summed E-state index contributed by atoms with van der Waals surface area (Å²) in [5.41, 5.74) is 8.23. The van der Waals surface area contributed by atoms with E-state index in [0.717, 1.165) is 52.0 Å². The van der Waals surface area contributed by atoms with Crippen molar-refractivity contribution in [2.75, 3.05) is 13.2 Å². The Morgan fingerprint density at radius 1 is 0.886 bits per heavy atom. The normalized spacial score (nSPS) is 10.7. The number of esters is 1. The molecule has 5 aromatic rings. The molecule has 0 saturated heterocycles. The minimum absolute atomic E-state index is 0.120. The fraction of sp³-hybridized carbons (Fsp3) is 0.270. The number of imidazole rings is 1. The third kappa shape index (κ3) is 7.77. The van der Waals surface area contributed by atoms with Crippen LogP contribution in [0, 0.1) is 13.8 Å². The van der Waals surface area contributed by atoms with Crippen molar-refractivity contribution in [3.8, 4) is 11.1 Å². The number of amides is 1. The number of ether oxygens (including phenoxy) is 1. The Hall–Kier alpha value is -4.36. The first kappa shape index (κ1) is 32.6. The quantitative estimate of drug-likeness (QED) is 0.135. The van der Waals surface area contributed by atoms with Crippen LogP contribution in [-0.2, 0) is 17.7 Å². The molecule has 0 aliphatic carbocycles. The van der Waals surface area contributed by atoms with E-state index >= 15 is 0 Å². The summed E-state index contributed by atoms with van der Waals surface area (Å²) in [6.07, 6.45) is 1.81. The average molecular weight is 608 g/mol. The molecule has 5 rings (SSSR count). The van der Waals surface area contributed by atoms with Crippen LogP contribution < -0.4 is 0 Å². The van der Waals surface area contributed by atoms with Crippen molar-refractivity contribution in [3.05, 3.63) is 125 Å². The van der Waals surface area contributed by atoms with Crippen LogP contribution in [-0.4, -0.2) is 38.9 Å². The monoisotopic (exact) mass is 607 g/mol. The molecule has 228 valence electrons. The molecule has 0 radical (unpaired) electrons. The smallest absolute Gasteiger partial charge is 0.338 e. The summed E-state index contributed by atoms with van der Waals surface area (Å²) in [5.74, 6) is 0.560. The van der Waals surface area contributed by atoms with Gasteiger partial charge in [0.2, 0.25) is 0 Å². The van der Waals surface area contributed by atoms with Crippen molar-refractivity contribution in [2.24, 2.45) is 0 Å². The van der Waals surface area contributed by atoms with E-state index in [1.54, 1.807) is 13.0 Å². The zero-order valence-electron chi connectivity index (χ0n) is 26.2. The third-order valence-electron chi connectivity index (χ3n) is 7.35. The molecule has 4 aromatic carbocycles. The lowest BCUT2D eigenvalue weighted by Crippen LogP contribution is -2.21. The molecule has 0 spiro atoms. The third-order valence-corrected chi connectivity index (χ3v) is 7.81. The first-order chi connectivity index (χ1) is 21.3. The maximum Gasteiger partial charge on any atom is 0.338 e. The van der Waals surface area contributed by atoms with Crippen molar-refractivity contribution in [1.29, 1.82) is 0 Å². The molecule has 0 bridgehead atoms. The molecule has 1 heterocycles. The van der Waals surface area contributed by atoms with Crippen molar-refractivity contribution in [3.63, 3.8) is 0 Å². The Balaban J connectivity index is 0.000000555. The second-order valence-electron chi connectivity index (χ2n) is 10.7. The fourth-order valence-electron chi connectivity index (χ4n) is 5.08. The van der Waals surface area contributed by atoms with Gasteiger partial charge < -0.3 is 9.30 Å². The van der Waals surface area contributed by atoms with Gasteiger partial charge in [0.15, 0.2) is 0 Å². The molecule has 6 nitrogen and oxygen atoms in total. The second-order valence-corrected chi connectivity index (χ2v) is 11.1. The highest BCUT2D eigenvalue weighted by Gasteiger charge is 2.19. The lowest BCUT2D eigenvalue weighted by Gasteiger charge is -2.14. The van der Waals surface area contributed by atoms with E-state index in [9.17, 15) is 9.59 Å². The summed E-state index contributed by atoms with van der Waals surface area (Å²) >= 11 is 4.31. The maximum atomic E-state index is 12.8. The van der Waals surface area contributed by atoms with Crippen LogP contribution in [0.2, 0.25) is 0 Å². The Morgan fingerprint density at radius 2 is 1.57 bits per heavy atom. The second kappa shape index (κ2) is 15.4. The molecule has 0 atom stereocenters. The van der Waals surface area contributed by atoms with Gasteiger partial charge in [-0.2, -0.15) is 0 Å². The number of aromatic nitrogens is 2. The Morgan fingerprint density at radius 3 is 2.18 bits per heavy atom. The minimum Gasteiger partial charge on any atom is -0.462 e. The number of thiol groups is 1. The van der Waals surface area contributed by atoms with Gasteiger partial charge in [0.25, 0.3) is 5.91 Å². The van der Waals surface area contributed by atoms with Crippen LogP contribution >= 0.6 is 12.8 Å². The first-order valence-electron chi connectivity index (χ1n) is 15.1. The number of fused-ring (bicyclic) bond motifs is 1. The number of benzene rings is 4. The predicted octanol–water partition coefficient (Wildman–Crippen LogP) is 8.49. The van der Waals surface area contributed by atoms with Gasteiger partial charge in [-0.3, -0.25) is 9.10 Å². The van der Waals surface area contributed by atoms with Gasteiger partial charge in [0.05, 0.1) is 23.2 Å². The number of aryl methyl sites for hydroxylation is 3. The molecule has 44 heavy (non-hydrogen) atoms. The van der Waals surface area contributed by atoms with Gasteiger partial charge in [-0.1, -0.05) is 98.1 Å². The van der Waals surface area contributed by atoms with Gasteiger partial charge in [-0.05, 0) is 74.6 Å². The highest BCUT2D eigenvalue weighted by atomic mass is 32.1. The van der Waals surface area contributed by atoms with Crippen molar-refractivity contribution in [2.45, 2.75) is 54.0 Å². The molecule has 0 saturated carbocycles. The largest absolute Gasteiger partial charge is 0.462 e. The lowest BCUT2D eigenvalue weighted by atomic mass is 9.98. The number of hydrogen-bond acceptors (Lipinski definition) is 5. The SMILES string of the molecule is CCCc1nc2c(C)cc(C(=O)N(S)CC)cc2n1Cc1ccc(-c2ccccc2C(=O)OCC)cc1.Cc1ccccc1.